The Morgan fingerprint density at radius 2 is 1.39 bits per heavy atom. The standard InChI is InChI=1S/C26H28N2O8/c1-32-13-14-36-24-16-22(28(30)31)21(15-23(24)35-4)26(29)27-25(17-5-9-19(33-2)10-6-17)18-7-11-20(34-3)12-8-18/h5-12,15-16,25H,13-14H2,1-4H3,(H,27,29). The van der Waals surface area contributed by atoms with Crippen LogP contribution in [0.25, 0.3) is 0 Å². The minimum Gasteiger partial charge on any atom is -0.497 e. The number of nitro benzene ring substituents is 1. The van der Waals surface area contributed by atoms with Crippen LogP contribution in [0, 0.1) is 10.1 Å². The molecule has 0 saturated heterocycles. The summed E-state index contributed by atoms with van der Waals surface area (Å²) in [4.78, 5) is 24.7. The third-order valence-corrected chi connectivity index (χ3v) is 5.44. The molecule has 0 atom stereocenters. The molecule has 0 bridgehead atoms. The summed E-state index contributed by atoms with van der Waals surface area (Å²) >= 11 is 0. The van der Waals surface area contributed by atoms with Crippen LogP contribution in [0.2, 0.25) is 0 Å². The fourth-order valence-corrected chi connectivity index (χ4v) is 3.55. The van der Waals surface area contributed by atoms with E-state index in [0.717, 1.165) is 11.1 Å². The molecule has 190 valence electrons. The van der Waals surface area contributed by atoms with Gasteiger partial charge in [0.05, 0.1) is 45.0 Å². The number of nitro groups is 1. The lowest BCUT2D eigenvalue weighted by Crippen LogP contribution is -2.30. The molecule has 0 radical (unpaired) electrons. The quantitative estimate of drug-likeness (QED) is 0.226. The van der Waals surface area contributed by atoms with Crippen molar-refractivity contribution in [2.24, 2.45) is 0 Å². The molecule has 0 aliphatic heterocycles. The molecule has 0 aliphatic carbocycles. The number of carbonyl (C=O) groups is 1. The van der Waals surface area contributed by atoms with Crippen LogP contribution in [0.4, 0.5) is 5.69 Å². The number of rotatable bonds is 12. The highest BCUT2D eigenvalue weighted by Gasteiger charge is 2.27. The van der Waals surface area contributed by atoms with E-state index in [1.54, 1.807) is 38.5 Å². The van der Waals surface area contributed by atoms with Crippen LogP contribution in [-0.2, 0) is 4.74 Å². The Bertz CT molecular complexity index is 1130. The Labute approximate surface area is 208 Å². The van der Waals surface area contributed by atoms with Crippen molar-refractivity contribution in [3.8, 4) is 23.0 Å². The third kappa shape index (κ3) is 6.22. The molecule has 10 heteroatoms. The number of ether oxygens (including phenoxy) is 5. The number of nitrogens with one attached hydrogen (secondary N) is 1. The summed E-state index contributed by atoms with van der Waals surface area (Å²) in [7, 11) is 6.03. The largest absolute Gasteiger partial charge is 0.497 e. The maximum absolute atomic E-state index is 13.4. The van der Waals surface area contributed by atoms with E-state index in [0.29, 0.717) is 11.5 Å². The van der Waals surface area contributed by atoms with Gasteiger partial charge in [-0.25, -0.2) is 0 Å². The van der Waals surface area contributed by atoms with E-state index in [4.69, 9.17) is 23.7 Å². The molecule has 0 aliphatic rings. The van der Waals surface area contributed by atoms with Gasteiger partial charge in [-0.1, -0.05) is 24.3 Å². The second-order valence-electron chi connectivity index (χ2n) is 7.57. The summed E-state index contributed by atoms with van der Waals surface area (Å²) in [5, 5.41) is 14.8. The summed E-state index contributed by atoms with van der Waals surface area (Å²) in [6.07, 6.45) is 0. The third-order valence-electron chi connectivity index (χ3n) is 5.44. The molecule has 0 saturated carbocycles. The van der Waals surface area contributed by atoms with E-state index in [9.17, 15) is 14.9 Å². The number of hydrogen-bond donors (Lipinski definition) is 1. The molecular formula is C26H28N2O8. The first-order valence-corrected chi connectivity index (χ1v) is 11.0. The molecule has 0 spiro atoms. The minimum atomic E-state index is -0.653. The lowest BCUT2D eigenvalue weighted by atomic mass is 9.97. The average Bonchev–Trinajstić information content (AvgIpc) is 2.91. The van der Waals surface area contributed by atoms with Gasteiger partial charge >= 0.3 is 0 Å². The van der Waals surface area contributed by atoms with Gasteiger partial charge in [-0.05, 0) is 35.4 Å². The van der Waals surface area contributed by atoms with Crippen molar-refractivity contribution in [3.05, 3.63) is 87.5 Å². The molecule has 0 heterocycles. The van der Waals surface area contributed by atoms with Crippen LogP contribution < -0.4 is 24.3 Å². The minimum absolute atomic E-state index is 0.139. The van der Waals surface area contributed by atoms with Crippen molar-refractivity contribution in [1.29, 1.82) is 0 Å². The molecule has 0 aromatic heterocycles. The monoisotopic (exact) mass is 496 g/mol. The van der Waals surface area contributed by atoms with E-state index in [2.05, 4.69) is 5.32 Å². The van der Waals surface area contributed by atoms with Crippen molar-refractivity contribution < 1.29 is 33.4 Å². The van der Waals surface area contributed by atoms with Crippen LogP contribution in [0.5, 0.6) is 23.0 Å². The van der Waals surface area contributed by atoms with Crippen LogP contribution in [0.3, 0.4) is 0 Å². The molecule has 3 aromatic rings. The molecule has 3 aromatic carbocycles. The normalized spacial score (nSPS) is 10.6. The highest BCUT2D eigenvalue weighted by Crippen LogP contribution is 2.35. The summed E-state index contributed by atoms with van der Waals surface area (Å²) < 4.78 is 26.3. The van der Waals surface area contributed by atoms with Gasteiger partial charge in [-0.15, -0.1) is 0 Å². The summed E-state index contributed by atoms with van der Waals surface area (Å²) in [6.45, 7) is 0.442. The van der Waals surface area contributed by atoms with Gasteiger partial charge in [0, 0.05) is 13.2 Å². The Morgan fingerprint density at radius 1 is 0.833 bits per heavy atom. The maximum Gasteiger partial charge on any atom is 0.286 e. The summed E-state index contributed by atoms with van der Waals surface area (Å²) in [6, 6.07) is 16.2. The second-order valence-corrected chi connectivity index (χ2v) is 7.57. The molecule has 1 amide bonds. The van der Waals surface area contributed by atoms with Crippen molar-refractivity contribution >= 4 is 11.6 Å². The Morgan fingerprint density at radius 3 is 1.83 bits per heavy atom. The topological polar surface area (TPSA) is 118 Å². The number of hydrogen-bond acceptors (Lipinski definition) is 8. The summed E-state index contributed by atoms with van der Waals surface area (Å²) in [5.41, 5.74) is 0.929. The summed E-state index contributed by atoms with van der Waals surface area (Å²) in [5.74, 6) is 0.984. The molecular weight excluding hydrogens is 468 g/mol. The molecule has 1 N–H and O–H groups in total. The number of nitrogens with zero attached hydrogens (tertiary/aromatic N) is 1. The van der Waals surface area contributed by atoms with Gasteiger partial charge in [-0.3, -0.25) is 14.9 Å². The van der Waals surface area contributed by atoms with E-state index < -0.39 is 22.6 Å². The predicted octanol–water partition coefficient (Wildman–Crippen LogP) is 4.17. The Hall–Kier alpha value is -4.31. The van der Waals surface area contributed by atoms with E-state index in [1.165, 1.54) is 26.4 Å². The predicted molar refractivity (Wildman–Crippen MR) is 132 cm³/mol. The van der Waals surface area contributed by atoms with Gasteiger partial charge in [0.1, 0.15) is 23.7 Å². The zero-order valence-electron chi connectivity index (χ0n) is 20.5. The SMILES string of the molecule is COCCOc1cc([N+](=O)[O-])c(C(=O)NC(c2ccc(OC)cc2)c2ccc(OC)cc2)cc1OC. The first-order valence-electron chi connectivity index (χ1n) is 11.0. The fourth-order valence-electron chi connectivity index (χ4n) is 3.55. The van der Waals surface area contributed by atoms with Crippen molar-refractivity contribution in [2.75, 3.05) is 41.7 Å². The Balaban J connectivity index is 2.00. The number of benzene rings is 3. The van der Waals surface area contributed by atoms with E-state index in [-0.39, 0.29) is 30.3 Å². The molecule has 0 unspecified atom stereocenters. The Kier molecular flexibility index (Phi) is 9.07. The highest BCUT2D eigenvalue weighted by atomic mass is 16.6. The van der Waals surface area contributed by atoms with Crippen LogP contribution in [-0.4, -0.2) is 52.5 Å². The zero-order valence-corrected chi connectivity index (χ0v) is 20.5. The lowest BCUT2D eigenvalue weighted by Gasteiger charge is -2.21. The van der Waals surface area contributed by atoms with Crippen LogP contribution >= 0.6 is 0 Å². The molecule has 3 rings (SSSR count). The number of amides is 1. The number of methoxy groups -OCH3 is 4. The first-order chi connectivity index (χ1) is 17.4. The van der Waals surface area contributed by atoms with E-state index >= 15 is 0 Å². The second kappa shape index (κ2) is 12.4. The van der Waals surface area contributed by atoms with Gasteiger partial charge in [-0.2, -0.15) is 0 Å². The fraction of sp³-hybridized carbons (Fsp3) is 0.269. The van der Waals surface area contributed by atoms with Crippen LogP contribution in [0.15, 0.2) is 60.7 Å². The number of carbonyl (C=O) groups excluding carboxylic acids is 1. The van der Waals surface area contributed by atoms with E-state index in [1.807, 2.05) is 24.3 Å². The van der Waals surface area contributed by atoms with Gasteiger partial charge in [0.2, 0.25) is 0 Å². The molecule has 36 heavy (non-hydrogen) atoms. The van der Waals surface area contributed by atoms with Gasteiger partial charge in [0.15, 0.2) is 11.5 Å². The van der Waals surface area contributed by atoms with Gasteiger partial charge < -0.3 is 29.0 Å². The average molecular weight is 497 g/mol. The maximum atomic E-state index is 13.4. The van der Waals surface area contributed by atoms with Crippen LogP contribution in [0.1, 0.15) is 27.5 Å². The van der Waals surface area contributed by atoms with Crippen molar-refractivity contribution in [3.63, 3.8) is 0 Å². The van der Waals surface area contributed by atoms with Crippen molar-refractivity contribution in [1.82, 2.24) is 5.32 Å². The van der Waals surface area contributed by atoms with Gasteiger partial charge in [0.25, 0.3) is 11.6 Å². The molecule has 0 fully saturated rings. The van der Waals surface area contributed by atoms with Crippen molar-refractivity contribution in [2.45, 2.75) is 6.04 Å². The molecule has 10 nitrogen and oxygen atoms in total. The smallest absolute Gasteiger partial charge is 0.286 e. The first kappa shape index (κ1) is 26.3. The highest BCUT2D eigenvalue weighted by molar-refractivity contribution is 5.99. The lowest BCUT2D eigenvalue weighted by molar-refractivity contribution is -0.385. The zero-order chi connectivity index (χ0) is 26.1.